The van der Waals surface area contributed by atoms with Crippen molar-refractivity contribution in [2.75, 3.05) is 7.11 Å². The number of rotatable bonds is 7. The third-order valence-corrected chi connectivity index (χ3v) is 4.53. The molecule has 8 heteroatoms. The summed E-state index contributed by atoms with van der Waals surface area (Å²) >= 11 is 0. The molecular weight excluding hydrogens is 326 g/mol. The third kappa shape index (κ3) is 4.91. The lowest BCUT2D eigenvalue weighted by atomic mass is 9.88. The van der Waals surface area contributed by atoms with Crippen molar-refractivity contribution < 1.29 is 19.2 Å². The van der Waals surface area contributed by atoms with Crippen LogP contribution in [0.3, 0.4) is 0 Å². The summed E-state index contributed by atoms with van der Waals surface area (Å²) in [6, 6.07) is 3.18. The molecule has 2 amide bonds. The van der Waals surface area contributed by atoms with E-state index >= 15 is 0 Å². The quantitative estimate of drug-likeness (QED) is 0.572. The Labute approximate surface area is 145 Å². The van der Waals surface area contributed by atoms with E-state index in [-0.39, 0.29) is 23.9 Å². The van der Waals surface area contributed by atoms with Crippen molar-refractivity contribution in [3.63, 3.8) is 0 Å². The first-order valence-corrected chi connectivity index (χ1v) is 8.33. The van der Waals surface area contributed by atoms with Crippen molar-refractivity contribution in [2.24, 2.45) is 11.7 Å². The van der Waals surface area contributed by atoms with Crippen LogP contribution >= 0.6 is 0 Å². The zero-order valence-electron chi connectivity index (χ0n) is 14.2. The molecular formula is C17H23N3O5. The first-order chi connectivity index (χ1) is 11.9. The minimum absolute atomic E-state index is 0.0403. The number of nitrogens with one attached hydrogen (secondary N) is 1. The molecule has 25 heavy (non-hydrogen) atoms. The summed E-state index contributed by atoms with van der Waals surface area (Å²) in [5.41, 5.74) is 5.76. The topological polar surface area (TPSA) is 125 Å². The van der Waals surface area contributed by atoms with E-state index < -0.39 is 16.9 Å². The molecule has 1 saturated carbocycles. The lowest BCUT2D eigenvalue weighted by Gasteiger charge is -2.24. The maximum Gasteiger partial charge on any atom is 0.269 e. The number of hydrogen-bond acceptors (Lipinski definition) is 5. The number of amides is 2. The van der Waals surface area contributed by atoms with Gasteiger partial charge in [-0.3, -0.25) is 19.7 Å². The summed E-state index contributed by atoms with van der Waals surface area (Å²) < 4.78 is 5.19. The van der Waals surface area contributed by atoms with Gasteiger partial charge in [0.15, 0.2) is 0 Å². The number of nitrogens with zero attached hydrogens (tertiary/aromatic N) is 1. The first kappa shape index (κ1) is 18.7. The number of non-ortho nitro benzene ring substituents is 1. The second-order valence-corrected chi connectivity index (χ2v) is 6.26. The molecule has 1 fully saturated rings. The van der Waals surface area contributed by atoms with E-state index in [1.807, 2.05) is 0 Å². The Hall–Kier alpha value is -2.64. The van der Waals surface area contributed by atoms with Crippen LogP contribution in [0.2, 0.25) is 0 Å². The molecule has 0 bridgehead atoms. The predicted octanol–water partition coefficient (Wildman–Crippen LogP) is 1.70. The molecule has 3 N–H and O–H groups in total. The molecule has 0 unspecified atom stereocenters. The van der Waals surface area contributed by atoms with Crippen molar-refractivity contribution >= 4 is 17.5 Å². The lowest BCUT2D eigenvalue weighted by Crippen LogP contribution is -2.48. The minimum atomic E-state index is -0.940. The zero-order valence-corrected chi connectivity index (χ0v) is 14.2. The number of nitro benzene ring substituents is 1. The number of hydrogen-bond donors (Lipinski definition) is 2. The van der Waals surface area contributed by atoms with Crippen molar-refractivity contribution in [3.05, 3.63) is 33.9 Å². The van der Waals surface area contributed by atoms with Gasteiger partial charge in [0.2, 0.25) is 11.8 Å². The van der Waals surface area contributed by atoms with Gasteiger partial charge in [-0.15, -0.1) is 0 Å². The van der Waals surface area contributed by atoms with Gasteiger partial charge in [0, 0.05) is 30.0 Å². The van der Waals surface area contributed by atoms with Gasteiger partial charge in [0.05, 0.1) is 12.0 Å². The third-order valence-electron chi connectivity index (χ3n) is 4.53. The molecule has 8 nitrogen and oxygen atoms in total. The highest BCUT2D eigenvalue weighted by Crippen LogP contribution is 2.26. The van der Waals surface area contributed by atoms with E-state index in [0.717, 1.165) is 32.1 Å². The largest absolute Gasteiger partial charge is 0.496 e. The number of carbonyl (C=O) groups excluding carboxylic acids is 2. The van der Waals surface area contributed by atoms with Crippen LogP contribution in [-0.2, 0) is 16.0 Å². The highest BCUT2D eigenvalue weighted by Gasteiger charge is 2.27. The summed E-state index contributed by atoms with van der Waals surface area (Å²) in [4.78, 5) is 34.6. The van der Waals surface area contributed by atoms with Crippen LogP contribution in [0, 0.1) is 16.0 Å². The Bertz CT molecular complexity index is 656. The number of methoxy groups -OCH3 is 1. The fourth-order valence-electron chi connectivity index (χ4n) is 3.14. The van der Waals surface area contributed by atoms with E-state index in [4.69, 9.17) is 10.5 Å². The molecule has 0 saturated heterocycles. The monoisotopic (exact) mass is 349 g/mol. The van der Waals surface area contributed by atoms with Crippen molar-refractivity contribution in [1.82, 2.24) is 5.32 Å². The molecule has 0 heterocycles. The van der Waals surface area contributed by atoms with Crippen molar-refractivity contribution in [2.45, 2.75) is 44.6 Å². The lowest BCUT2D eigenvalue weighted by molar-refractivity contribution is -0.384. The predicted molar refractivity (Wildman–Crippen MR) is 91.1 cm³/mol. The van der Waals surface area contributed by atoms with Crippen LogP contribution in [0.15, 0.2) is 18.2 Å². The Morgan fingerprint density at radius 2 is 2.04 bits per heavy atom. The fourth-order valence-corrected chi connectivity index (χ4v) is 3.14. The van der Waals surface area contributed by atoms with E-state index in [0.29, 0.717) is 11.3 Å². The summed E-state index contributed by atoms with van der Waals surface area (Å²) in [7, 11) is 1.44. The zero-order chi connectivity index (χ0) is 18.4. The Balaban J connectivity index is 2.15. The van der Waals surface area contributed by atoms with Gasteiger partial charge >= 0.3 is 0 Å². The standard InChI is InChI=1S/C17H23N3O5/c1-25-15-8-7-13(20(23)24)9-12(15)10-14(16(18)21)19-17(22)11-5-3-2-4-6-11/h7-9,11,14H,2-6,10H2,1H3,(H2,18,21)(H,19,22)/t14-/m1/s1. The molecule has 0 aromatic heterocycles. The molecule has 1 aromatic rings. The molecule has 1 atom stereocenters. The van der Waals surface area contributed by atoms with Gasteiger partial charge < -0.3 is 15.8 Å². The summed E-state index contributed by atoms with van der Waals surface area (Å²) in [6.45, 7) is 0. The average molecular weight is 349 g/mol. The number of primary amides is 1. The molecule has 0 aliphatic heterocycles. The molecule has 1 aliphatic carbocycles. The van der Waals surface area contributed by atoms with E-state index in [1.54, 1.807) is 0 Å². The van der Waals surface area contributed by atoms with Gasteiger partial charge in [-0.05, 0) is 18.9 Å². The Morgan fingerprint density at radius 3 is 2.60 bits per heavy atom. The Morgan fingerprint density at radius 1 is 1.36 bits per heavy atom. The fraction of sp³-hybridized carbons (Fsp3) is 0.529. The number of nitro groups is 1. The molecule has 2 rings (SSSR count). The molecule has 1 aliphatic rings. The Kier molecular flexibility index (Phi) is 6.32. The smallest absolute Gasteiger partial charge is 0.269 e. The minimum Gasteiger partial charge on any atom is -0.496 e. The number of carbonyl (C=O) groups is 2. The molecule has 1 aromatic carbocycles. The van der Waals surface area contributed by atoms with Gasteiger partial charge in [0.25, 0.3) is 5.69 Å². The van der Waals surface area contributed by atoms with E-state index in [9.17, 15) is 19.7 Å². The number of ether oxygens (including phenoxy) is 1. The van der Waals surface area contributed by atoms with Gasteiger partial charge in [-0.25, -0.2) is 0 Å². The summed E-state index contributed by atoms with van der Waals surface area (Å²) in [5.74, 6) is -0.572. The SMILES string of the molecule is COc1ccc([N+](=O)[O-])cc1C[C@@H](NC(=O)C1CCCCC1)C(N)=O. The summed E-state index contributed by atoms with van der Waals surface area (Å²) in [5, 5.41) is 13.7. The van der Waals surface area contributed by atoms with Gasteiger partial charge in [0.1, 0.15) is 11.8 Å². The van der Waals surface area contributed by atoms with Gasteiger partial charge in [-0.2, -0.15) is 0 Å². The van der Waals surface area contributed by atoms with Crippen LogP contribution in [0.1, 0.15) is 37.7 Å². The average Bonchev–Trinajstić information content (AvgIpc) is 2.61. The maximum atomic E-state index is 12.4. The normalized spacial score (nSPS) is 16.0. The number of nitrogens with two attached hydrogens (primary N) is 1. The second-order valence-electron chi connectivity index (χ2n) is 6.26. The van der Waals surface area contributed by atoms with Crippen LogP contribution in [0.25, 0.3) is 0 Å². The van der Waals surface area contributed by atoms with E-state index in [1.165, 1.54) is 25.3 Å². The van der Waals surface area contributed by atoms with E-state index in [2.05, 4.69) is 5.32 Å². The van der Waals surface area contributed by atoms with Crippen molar-refractivity contribution in [3.8, 4) is 5.75 Å². The molecule has 0 spiro atoms. The van der Waals surface area contributed by atoms with Crippen LogP contribution < -0.4 is 15.8 Å². The molecule has 0 radical (unpaired) electrons. The molecule has 136 valence electrons. The van der Waals surface area contributed by atoms with Crippen molar-refractivity contribution in [1.29, 1.82) is 0 Å². The van der Waals surface area contributed by atoms with Gasteiger partial charge in [-0.1, -0.05) is 19.3 Å². The van der Waals surface area contributed by atoms with Crippen LogP contribution in [0.5, 0.6) is 5.75 Å². The van der Waals surface area contributed by atoms with Crippen LogP contribution in [0.4, 0.5) is 5.69 Å². The second kappa shape index (κ2) is 8.46. The summed E-state index contributed by atoms with van der Waals surface area (Å²) in [6.07, 6.45) is 4.76. The van der Waals surface area contributed by atoms with Crippen LogP contribution in [-0.4, -0.2) is 29.9 Å². The number of benzene rings is 1. The highest BCUT2D eigenvalue weighted by atomic mass is 16.6. The highest BCUT2D eigenvalue weighted by molar-refractivity contribution is 5.87. The maximum absolute atomic E-state index is 12.4. The first-order valence-electron chi connectivity index (χ1n) is 8.33.